The van der Waals surface area contributed by atoms with Gasteiger partial charge < -0.3 is 10.1 Å². The van der Waals surface area contributed by atoms with Gasteiger partial charge in [-0.25, -0.2) is 0 Å². The Labute approximate surface area is 107 Å². The van der Waals surface area contributed by atoms with Crippen molar-refractivity contribution in [3.63, 3.8) is 0 Å². The largest absolute Gasteiger partial charge is 0.383 e. The maximum atomic E-state index is 5.27. The molecule has 0 aromatic heterocycles. The number of hydrogen-bond donors (Lipinski definition) is 1. The summed E-state index contributed by atoms with van der Waals surface area (Å²) in [4.78, 5) is 2.68. The van der Waals surface area contributed by atoms with E-state index in [0.29, 0.717) is 6.04 Å². The Kier molecular flexibility index (Phi) is 7.82. The molecule has 0 aliphatic carbocycles. The van der Waals surface area contributed by atoms with Gasteiger partial charge in [-0.05, 0) is 32.2 Å². The molecule has 0 saturated carbocycles. The van der Waals surface area contributed by atoms with Crippen molar-refractivity contribution in [2.45, 2.75) is 58.0 Å². The molecule has 0 amide bonds. The van der Waals surface area contributed by atoms with Crippen LogP contribution in [0.15, 0.2) is 0 Å². The van der Waals surface area contributed by atoms with Crippen LogP contribution in [0.5, 0.6) is 0 Å². The van der Waals surface area contributed by atoms with Crippen molar-refractivity contribution in [3.8, 4) is 0 Å². The van der Waals surface area contributed by atoms with Gasteiger partial charge in [0.1, 0.15) is 0 Å². The number of hydrogen-bond acceptors (Lipinski definition) is 3. The standard InChI is InChI=1S/C14H30N2O/c1-4-13(5-2)16(10-11-17-3)14-8-6-7-9-15-12-14/h13-15H,4-12H2,1-3H3. The van der Waals surface area contributed by atoms with Crippen LogP contribution < -0.4 is 5.32 Å². The van der Waals surface area contributed by atoms with Crippen LogP contribution in [-0.2, 0) is 4.74 Å². The van der Waals surface area contributed by atoms with Crippen LogP contribution in [-0.4, -0.2) is 50.3 Å². The first kappa shape index (κ1) is 14.9. The fourth-order valence-corrected chi connectivity index (χ4v) is 2.90. The molecule has 0 aromatic rings. The lowest BCUT2D eigenvalue weighted by molar-refractivity contribution is 0.0770. The van der Waals surface area contributed by atoms with Crippen LogP contribution in [0.3, 0.4) is 0 Å². The van der Waals surface area contributed by atoms with Crippen LogP contribution in [0.4, 0.5) is 0 Å². The Balaban J connectivity index is 2.58. The molecule has 102 valence electrons. The fraction of sp³-hybridized carbons (Fsp3) is 1.00. The first-order chi connectivity index (χ1) is 8.33. The van der Waals surface area contributed by atoms with Crippen LogP contribution in [0.2, 0.25) is 0 Å². The highest BCUT2D eigenvalue weighted by Crippen LogP contribution is 2.18. The highest BCUT2D eigenvalue weighted by atomic mass is 16.5. The average Bonchev–Trinajstić information content (AvgIpc) is 2.63. The van der Waals surface area contributed by atoms with Crippen molar-refractivity contribution < 1.29 is 4.74 Å². The Hall–Kier alpha value is -0.120. The van der Waals surface area contributed by atoms with E-state index in [9.17, 15) is 0 Å². The third kappa shape index (κ3) is 4.94. The molecule has 1 N–H and O–H groups in total. The van der Waals surface area contributed by atoms with E-state index >= 15 is 0 Å². The van der Waals surface area contributed by atoms with Gasteiger partial charge in [0.15, 0.2) is 0 Å². The topological polar surface area (TPSA) is 24.5 Å². The molecule has 0 aromatic carbocycles. The van der Waals surface area contributed by atoms with Crippen molar-refractivity contribution in [2.24, 2.45) is 0 Å². The molecule has 1 saturated heterocycles. The van der Waals surface area contributed by atoms with Crippen molar-refractivity contribution in [2.75, 3.05) is 33.4 Å². The van der Waals surface area contributed by atoms with Gasteiger partial charge in [-0.2, -0.15) is 0 Å². The Morgan fingerprint density at radius 2 is 2.06 bits per heavy atom. The lowest BCUT2D eigenvalue weighted by Crippen LogP contribution is -2.48. The summed E-state index contributed by atoms with van der Waals surface area (Å²) in [6.07, 6.45) is 6.53. The van der Waals surface area contributed by atoms with Gasteiger partial charge in [-0.1, -0.05) is 20.3 Å². The summed E-state index contributed by atoms with van der Waals surface area (Å²) in [6.45, 7) is 8.89. The predicted octanol–water partition coefficient (Wildman–Crippen LogP) is 2.27. The van der Waals surface area contributed by atoms with E-state index in [1.54, 1.807) is 7.11 Å². The van der Waals surface area contributed by atoms with Gasteiger partial charge in [-0.3, -0.25) is 4.90 Å². The van der Waals surface area contributed by atoms with E-state index in [1.165, 1.54) is 38.6 Å². The Morgan fingerprint density at radius 3 is 2.71 bits per heavy atom. The number of ether oxygens (including phenoxy) is 1. The lowest BCUT2D eigenvalue weighted by atomic mass is 10.0. The summed E-state index contributed by atoms with van der Waals surface area (Å²) in [6, 6.07) is 1.42. The molecule has 1 fully saturated rings. The van der Waals surface area contributed by atoms with Crippen molar-refractivity contribution >= 4 is 0 Å². The van der Waals surface area contributed by atoms with E-state index in [2.05, 4.69) is 24.1 Å². The van der Waals surface area contributed by atoms with Gasteiger partial charge in [0, 0.05) is 32.3 Å². The molecule has 17 heavy (non-hydrogen) atoms. The van der Waals surface area contributed by atoms with Crippen molar-refractivity contribution in [1.82, 2.24) is 10.2 Å². The van der Waals surface area contributed by atoms with Gasteiger partial charge in [0.25, 0.3) is 0 Å². The molecule has 1 heterocycles. The molecule has 1 atom stereocenters. The maximum Gasteiger partial charge on any atom is 0.0589 e. The minimum atomic E-state index is 0.706. The Morgan fingerprint density at radius 1 is 1.29 bits per heavy atom. The second-order valence-electron chi connectivity index (χ2n) is 5.05. The van der Waals surface area contributed by atoms with Crippen LogP contribution in [0.25, 0.3) is 0 Å². The molecular weight excluding hydrogens is 212 g/mol. The van der Waals surface area contributed by atoms with Crippen LogP contribution in [0, 0.1) is 0 Å². The zero-order chi connectivity index (χ0) is 12.5. The van der Waals surface area contributed by atoms with Gasteiger partial charge in [-0.15, -0.1) is 0 Å². The zero-order valence-corrected chi connectivity index (χ0v) is 11.9. The summed E-state index contributed by atoms with van der Waals surface area (Å²) < 4.78 is 5.27. The fourth-order valence-electron chi connectivity index (χ4n) is 2.90. The van der Waals surface area contributed by atoms with E-state index in [0.717, 1.165) is 25.7 Å². The van der Waals surface area contributed by atoms with E-state index in [-0.39, 0.29) is 0 Å². The molecule has 3 nitrogen and oxygen atoms in total. The third-order valence-corrected chi connectivity index (χ3v) is 3.96. The summed E-state index contributed by atoms with van der Waals surface area (Å²) >= 11 is 0. The summed E-state index contributed by atoms with van der Waals surface area (Å²) in [5.41, 5.74) is 0. The lowest BCUT2D eigenvalue weighted by Gasteiger charge is -2.37. The number of nitrogens with zero attached hydrogens (tertiary/aromatic N) is 1. The molecule has 0 spiro atoms. The number of nitrogens with one attached hydrogen (secondary N) is 1. The molecule has 0 radical (unpaired) electrons. The van der Waals surface area contributed by atoms with Crippen molar-refractivity contribution in [1.29, 1.82) is 0 Å². The molecule has 1 aliphatic rings. The molecular formula is C14H30N2O. The quantitative estimate of drug-likeness (QED) is 0.741. The van der Waals surface area contributed by atoms with E-state index in [1.807, 2.05) is 0 Å². The predicted molar refractivity (Wildman–Crippen MR) is 73.5 cm³/mol. The van der Waals surface area contributed by atoms with Gasteiger partial charge >= 0.3 is 0 Å². The summed E-state index contributed by atoms with van der Waals surface area (Å²) in [7, 11) is 1.80. The summed E-state index contributed by atoms with van der Waals surface area (Å²) in [5, 5.41) is 3.57. The third-order valence-electron chi connectivity index (χ3n) is 3.96. The Bertz CT molecular complexity index is 175. The second kappa shape index (κ2) is 8.90. The van der Waals surface area contributed by atoms with Crippen LogP contribution >= 0.6 is 0 Å². The zero-order valence-electron chi connectivity index (χ0n) is 11.9. The smallest absolute Gasteiger partial charge is 0.0589 e. The van der Waals surface area contributed by atoms with Gasteiger partial charge in [0.2, 0.25) is 0 Å². The number of rotatable bonds is 7. The molecule has 1 aliphatic heterocycles. The maximum absolute atomic E-state index is 5.27. The highest BCUT2D eigenvalue weighted by molar-refractivity contribution is 4.81. The SMILES string of the molecule is CCC(CC)N(CCOC)C1CCCCNC1. The highest BCUT2D eigenvalue weighted by Gasteiger charge is 2.24. The second-order valence-corrected chi connectivity index (χ2v) is 5.05. The number of methoxy groups -OCH3 is 1. The van der Waals surface area contributed by atoms with E-state index in [4.69, 9.17) is 4.74 Å². The summed E-state index contributed by atoms with van der Waals surface area (Å²) in [5.74, 6) is 0. The normalized spacial score (nSPS) is 22.1. The first-order valence-electron chi connectivity index (χ1n) is 7.28. The monoisotopic (exact) mass is 242 g/mol. The first-order valence-corrected chi connectivity index (χ1v) is 7.28. The molecule has 1 rings (SSSR count). The average molecular weight is 242 g/mol. The van der Waals surface area contributed by atoms with Crippen molar-refractivity contribution in [3.05, 3.63) is 0 Å². The minimum Gasteiger partial charge on any atom is -0.383 e. The minimum absolute atomic E-state index is 0.706. The molecule has 0 bridgehead atoms. The van der Waals surface area contributed by atoms with Gasteiger partial charge in [0.05, 0.1) is 6.61 Å². The van der Waals surface area contributed by atoms with E-state index < -0.39 is 0 Å². The molecule has 1 unspecified atom stereocenters. The molecule has 3 heteroatoms. The van der Waals surface area contributed by atoms with Crippen LogP contribution in [0.1, 0.15) is 46.0 Å².